The molecule has 1 aromatic rings. The van der Waals surface area contributed by atoms with Crippen molar-refractivity contribution < 1.29 is 13.2 Å². The number of rotatable bonds is 5. The molecule has 5 heteroatoms. The summed E-state index contributed by atoms with van der Waals surface area (Å²) < 4.78 is 40.0. The maximum atomic E-state index is 13.2. The predicted molar refractivity (Wildman–Crippen MR) is 79.6 cm³/mol. The van der Waals surface area contributed by atoms with Crippen molar-refractivity contribution in [2.45, 2.75) is 39.4 Å². The van der Waals surface area contributed by atoms with Gasteiger partial charge in [0.05, 0.1) is 11.6 Å². The molecule has 1 aromatic carbocycles. The van der Waals surface area contributed by atoms with Crippen LogP contribution in [-0.4, -0.2) is 6.54 Å². The SMILES string of the molecule is CCCNC(C=C(C)C)c1ccc(Br)cc1C(F)(F)F. The minimum absolute atomic E-state index is 0.260. The fraction of sp³-hybridized carbons (Fsp3) is 0.467. The molecule has 0 saturated carbocycles. The molecular formula is C15H19BrF3N. The van der Waals surface area contributed by atoms with Crippen molar-refractivity contribution >= 4 is 15.9 Å². The predicted octanol–water partition coefficient (Wildman–Crippen LogP) is 5.47. The molecule has 0 saturated heterocycles. The summed E-state index contributed by atoms with van der Waals surface area (Å²) in [5.74, 6) is 0. The minimum atomic E-state index is -4.36. The molecule has 0 fully saturated rings. The van der Waals surface area contributed by atoms with Gasteiger partial charge in [0.1, 0.15) is 0 Å². The third kappa shape index (κ3) is 4.94. The first-order chi connectivity index (χ1) is 9.25. The first-order valence-corrected chi connectivity index (χ1v) is 7.30. The van der Waals surface area contributed by atoms with Crippen LogP contribution in [0.2, 0.25) is 0 Å². The summed E-state index contributed by atoms with van der Waals surface area (Å²) in [5, 5.41) is 3.16. The Morgan fingerprint density at radius 2 is 2.00 bits per heavy atom. The molecule has 0 radical (unpaired) electrons. The van der Waals surface area contributed by atoms with Gasteiger partial charge in [-0.15, -0.1) is 0 Å². The highest BCUT2D eigenvalue weighted by Gasteiger charge is 2.35. The summed E-state index contributed by atoms with van der Waals surface area (Å²) in [6.07, 6.45) is -1.67. The van der Waals surface area contributed by atoms with E-state index in [0.717, 1.165) is 18.1 Å². The fourth-order valence-corrected chi connectivity index (χ4v) is 2.30. The molecule has 0 aliphatic rings. The standard InChI is InChI=1S/C15H19BrF3N/c1-4-7-20-14(8-10(2)3)12-6-5-11(16)9-13(12)15(17,18)19/h5-6,8-9,14,20H,4,7H2,1-3H3. The Bertz CT molecular complexity index is 476. The zero-order valence-corrected chi connectivity index (χ0v) is 13.4. The summed E-state index contributed by atoms with van der Waals surface area (Å²) >= 11 is 3.11. The Morgan fingerprint density at radius 3 is 2.50 bits per heavy atom. The van der Waals surface area contributed by atoms with Crippen LogP contribution in [0.1, 0.15) is 44.4 Å². The minimum Gasteiger partial charge on any atom is -0.307 e. The second-order valence-corrected chi connectivity index (χ2v) is 5.82. The summed E-state index contributed by atoms with van der Waals surface area (Å²) in [4.78, 5) is 0. The molecule has 0 bridgehead atoms. The smallest absolute Gasteiger partial charge is 0.307 e. The lowest BCUT2D eigenvalue weighted by Gasteiger charge is -2.21. The van der Waals surface area contributed by atoms with E-state index >= 15 is 0 Å². The Kier molecular flexibility index (Phi) is 6.27. The van der Waals surface area contributed by atoms with E-state index in [1.54, 1.807) is 6.07 Å². The Morgan fingerprint density at radius 1 is 1.35 bits per heavy atom. The third-order valence-corrected chi connectivity index (χ3v) is 3.26. The van der Waals surface area contributed by atoms with Gasteiger partial charge >= 0.3 is 6.18 Å². The van der Waals surface area contributed by atoms with E-state index in [0.29, 0.717) is 11.0 Å². The number of allylic oxidation sites excluding steroid dienone is 1. The van der Waals surface area contributed by atoms with E-state index < -0.39 is 17.8 Å². The van der Waals surface area contributed by atoms with E-state index in [4.69, 9.17) is 0 Å². The van der Waals surface area contributed by atoms with Crippen LogP contribution in [-0.2, 0) is 6.18 Å². The Labute approximate surface area is 126 Å². The quantitative estimate of drug-likeness (QED) is 0.694. The normalized spacial score (nSPS) is 13.2. The first kappa shape index (κ1) is 17.2. The lowest BCUT2D eigenvalue weighted by atomic mass is 9.98. The number of benzene rings is 1. The Hall–Kier alpha value is -0.810. The summed E-state index contributed by atoms with van der Waals surface area (Å²) in [5.41, 5.74) is 0.642. The van der Waals surface area contributed by atoms with Crippen LogP contribution >= 0.6 is 15.9 Å². The lowest BCUT2D eigenvalue weighted by molar-refractivity contribution is -0.138. The number of hydrogen-bond donors (Lipinski definition) is 1. The monoisotopic (exact) mass is 349 g/mol. The molecule has 0 aliphatic heterocycles. The second-order valence-electron chi connectivity index (χ2n) is 4.91. The van der Waals surface area contributed by atoms with Gasteiger partial charge in [-0.25, -0.2) is 0 Å². The molecule has 1 nitrogen and oxygen atoms in total. The van der Waals surface area contributed by atoms with Crippen LogP contribution < -0.4 is 5.32 Å². The van der Waals surface area contributed by atoms with Crippen LogP contribution in [0.25, 0.3) is 0 Å². The van der Waals surface area contributed by atoms with Gasteiger partial charge in [-0.3, -0.25) is 0 Å². The highest BCUT2D eigenvalue weighted by molar-refractivity contribution is 9.10. The van der Waals surface area contributed by atoms with Gasteiger partial charge in [0.25, 0.3) is 0 Å². The molecule has 20 heavy (non-hydrogen) atoms. The molecule has 1 unspecified atom stereocenters. The zero-order chi connectivity index (χ0) is 15.3. The van der Waals surface area contributed by atoms with Crippen LogP contribution in [0.4, 0.5) is 13.2 Å². The molecule has 1 atom stereocenters. The molecule has 112 valence electrons. The molecule has 0 aromatic heterocycles. The van der Waals surface area contributed by atoms with E-state index in [2.05, 4.69) is 21.2 Å². The summed E-state index contributed by atoms with van der Waals surface area (Å²) in [6, 6.07) is 3.88. The number of alkyl halides is 3. The van der Waals surface area contributed by atoms with Crippen molar-refractivity contribution in [1.82, 2.24) is 5.32 Å². The molecule has 1 rings (SSSR count). The molecule has 0 amide bonds. The highest BCUT2D eigenvalue weighted by atomic mass is 79.9. The zero-order valence-electron chi connectivity index (χ0n) is 11.8. The first-order valence-electron chi connectivity index (χ1n) is 6.50. The van der Waals surface area contributed by atoms with Gasteiger partial charge in [-0.05, 0) is 44.5 Å². The maximum Gasteiger partial charge on any atom is 0.416 e. The molecule has 0 spiro atoms. The average Bonchev–Trinajstić information content (AvgIpc) is 2.33. The molecule has 0 aliphatic carbocycles. The van der Waals surface area contributed by atoms with Gasteiger partial charge in [0.2, 0.25) is 0 Å². The van der Waals surface area contributed by atoms with Gasteiger partial charge in [-0.1, -0.05) is 40.6 Å². The van der Waals surface area contributed by atoms with E-state index in [1.165, 1.54) is 6.07 Å². The van der Waals surface area contributed by atoms with E-state index in [9.17, 15) is 13.2 Å². The number of hydrogen-bond acceptors (Lipinski definition) is 1. The van der Waals surface area contributed by atoms with Gasteiger partial charge in [0.15, 0.2) is 0 Å². The topological polar surface area (TPSA) is 12.0 Å². The van der Waals surface area contributed by atoms with Crippen molar-refractivity contribution in [3.63, 3.8) is 0 Å². The number of nitrogens with one attached hydrogen (secondary N) is 1. The van der Waals surface area contributed by atoms with Crippen molar-refractivity contribution in [3.05, 3.63) is 45.4 Å². The molecule has 0 heterocycles. The van der Waals surface area contributed by atoms with Crippen LogP contribution in [0.15, 0.2) is 34.3 Å². The van der Waals surface area contributed by atoms with Crippen LogP contribution in [0.5, 0.6) is 0 Å². The van der Waals surface area contributed by atoms with Crippen molar-refractivity contribution in [2.24, 2.45) is 0 Å². The van der Waals surface area contributed by atoms with E-state index in [1.807, 2.05) is 26.8 Å². The third-order valence-electron chi connectivity index (χ3n) is 2.77. The van der Waals surface area contributed by atoms with Crippen molar-refractivity contribution in [2.75, 3.05) is 6.54 Å². The summed E-state index contributed by atoms with van der Waals surface area (Å²) in [7, 11) is 0. The number of halogens is 4. The molecular weight excluding hydrogens is 331 g/mol. The summed E-state index contributed by atoms with van der Waals surface area (Å²) in [6.45, 7) is 6.42. The van der Waals surface area contributed by atoms with Gasteiger partial charge in [0, 0.05) is 4.47 Å². The van der Waals surface area contributed by atoms with Gasteiger partial charge < -0.3 is 5.32 Å². The maximum absolute atomic E-state index is 13.2. The highest BCUT2D eigenvalue weighted by Crippen LogP contribution is 2.36. The lowest BCUT2D eigenvalue weighted by Crippen LogP contribution is -2.23. The van der Waals surface area contributed by atoms with Crippen LogP contribution in [0, 0.1) is 0 Å². The second kappa shape index (κ2) is 7.27. The van der Waals surface area contributed by atoms with Crippen LogP contribution in [0.3, 0.4) is 0 Å². The van der Waals surface area contributed by atoms with Gasteiger partial charge in [-0.2, -0.15) is 13.2 Å². The van der Waals surface area contributed by atoms with Crippen molar-refractivity contribution in [1.29, 1.82) is 0 Å². The fourth-order valence-electron chi connectivity index (χ4n) is 1.94. The average molecular weight is 350 g/mol. The molecule has 1 N–H and O–H groups in total. The van der Waals surface area contributed by atoms with Crippen molar-refractivity contribution in [3.8, 4) is 0 Å². The largest absolute Gasteiger partial charge is 0.416 e. The van der Waals surface area contributed by atoms with E-state index in [-0.39, 0.29) is 5.56 Å². The Balaban J connectivity index is 3.28.